The molecule has 0 saturated heterocycles. The fourth-order valence-electron chi connectivity index (χ4n) is 1.78. The van der Waals surface area contributed by atoms with Crippen molar-refractivity contribution in [3.63, 3.8) is 0 Å². The molecule has 7 heteroatoms. The molecule has 1 heterocycles. The van der Waals surface area contributed by atoms with Crippen LogP contribution in [0.2, 0.25) is 0 Å². The maximum atomic E-state index is 12.2. The molecule has 0 aliphatic carbocycles. The molecule has 0 unspecified atom stereocenters. The molecule has 1 rings (SSSR count). The van der Waals surface area contributed by atoms with Gasteiger partial charge in [0.25, 0.3) is 0 Å². The monoisotopic (exact) mass is 312 g/mol. The van der Waals surface area contributed by atoms with E-state index in [0.717, 1.165) is 4.88 Å². The number of nitrogens with one attached hydrogen (secondary N) is 1. The minimum atomic E-state index is -1.04. The summed E-state index contributed by atoms with van der Waals surface area (Å²) in [6, 6.07) is -0.365. The smallest absolute Gasteiger partial charge is 0.338 e. The zero-order valence-corrected chi connectivity index (χ0v) is 13.2. The standard InChI is InChI=1S/C14H20N2O4S/c1-5-6-16(7-8-20-4)14(19)15-12-11(13(17)18)9(2)10(3)21-12/h5H,1,6-8H2,2-4H3,(H,15,19)(H,17,18). The Hall–Kier alpha value is -1.86. The van der Waals surface area contributed by atoms with Crippen molar-refractivity contribution in [3.8, 4) is 0 Å². The number of ether oxygens (including phenoxy) is 1. The Kier molecular flexibility index (Phi) is 6.39. The maximum Gasteiger partial charge on any atom is 0.338 e. The summed E-state index contributed by atoms with van der Waals surface area (Å²) in [7, 11) is 1.55. The van der Waals surface area contributed by atoms with Crippen molar-refractivity contribution in [3.05, 3.63) is 28.7 Å². The lowest BCUT2D eigenvalue weighted by Crippen LogP contribution is -2.37. The first kappa shape index (κ1) is 17.2. The molecule has 0 bridgehead atoms. The molecule has 116 valence electrons. The van der Waals surface area contributed by atoms with Crippen molar-refractivity contribution in [1.82, 2.24) is 4.90 Å². The van der Waals surface area contributed by atoms with Gasteiger partial charge in [-0.25, -0.2) is 9.59 Å². The van der Waals surface area contributed by atoms with Crippen molar-refractivity contribution in [1.29, 1.82) is 0 Å². The number of aryl methyl sites for hydroxylation is 1. The number of methoxy groups -OCH3 is 1. The molecule has 0 aliphatic rings. The molecule has 1 aromatic rings. The molecule has 0 fully saturated rings. The largest absolute Gasteiger partial charge is 0.478 e. The first-order valence-corrected chi connectivity index (χ1v) is 7.23. The van der Waals surface area contributed by atoms with E-state index in [1.165, 1.54) is 16.2 Å². The number of rotatable bonds is 7. The summed E-state index contributed by atoms with van der Waals surface area (Å²) in [6.07, 6.45) is 1.61. The Balaban J connectivity index is 2.93. The fourth-order valence-corrected chi connectivity index (χ4v) is 2.82. The average molecular weight is 312 g/mol. The van der Waals surface area contributed by atoms with Crippen molar-refractivity contribution in [2.75, 3.05) is 32.1 Å². The third kappa shape index (κ3) is 4.30. The second-order valence-electron chi connectivity index (χ2n) is 4.45. The molecular formula is C14H20N2O4S. The quantitative estimate of drug-likeness (QED) is 0.759. The van der Waals surface area contributed by atoms with Gasteiger partial charge in [0.15, 0.2) is 0 Å². The van der Waals surface area contributed by atoms with Crippen LogP contribution in [0.5, 0.6) is 0 Å². The predicted molar refractivity (Wildman–Crippen MR) is 83.4 cm³/mol. The molecule has 2 N–H and O–H groups in total. The van der Waals surface area contributed by atoms with E-state index in [1.54, 1.807) is 20.1 Å². The van der Waals surface area contributed by atoms with Crippen LogP contribution in [0.3, 0.4) is 0 Å². The molecule has 0 aromatic carbocycles. The first-order valence-electron chi connectivity index (χ1n) is 6.41. The Morgan fingerprint density at radius 2 is 2.14 bits per heavy atom. The van der Waals surface area contributed by atoms with Gasteiger partial charge in [-0.2, -0.15) is 0 Å². The Bertz CT molecular complexity index is 539. The van der Waals surface area contributed by atoms with Crippen LogP contribution in [0.1, 0.15) is 20.8 Å². The molecule has 1 aromatic heterocycles. The van der Waals surface area contributed by atoms with Crippen LogP contribution in [0, 0.1) is 13.8 Å². The maximum absolute atomic E-state index is 12.2. The van der Waals surface area contributed by atoms with Crippen molar-refractivity contribution in [2.45, 2.75) is 13.8 Å². The van der Waals surface area contributed by atoms with Crippen molar-refractivity contribution in [2.24, 2.45) is 0 Å². The summed E-state index contributed by atoms with van der Waals surface area (Å²) < 4.78 is 4.96. The average Bonchev–Trinajstić information content (AvgIpc) is 2.69. The zero-order valence-electron chi connectivity index (χ0n) is 12.4. The van der Waals surface area contributed by atoms with E-state index in [4.69, 9.17) is 4.74 Å². The number of amides is 2. The number of carboxylic acid groups (broad SMARTS) is 1. The van der Waals surface area contributed by atoms with Crippen LogP contribution in [0.25, 0.3) is 0 Å². The van der Waals surface area contributed by atoms with Gasteiger partial charge in [0.2, 0.25) is 0 Å². The zero-order chi connectivity index (χ0) is 16.0. The molecular weight excluding hydrogens is 292 g/mol. The highest BCUT2D eigenvalue weighted by molar-refractivity contribution is 7.16. The Labute approximate surface area is 128 Å². The van der Waals surface area contributed by atoms with Gasteiger partial charge in [-0.1, -0.05) is 6.08 Å². The van der Waals surface area contributed by atoms with E-state index in [1.807, 2.05) is 6.92 Å². The van der Waals surface area contributed by atoms with Crippen LogP contribution in [0.4, 0.5) is 9.80 Å². The van der Waals surface area contributed by atoms with E-state index in [2.05, 4.69) is 11.9 Å². The topological polar surface area (TPSA) is 78.9 Å². The number of carbonyl (C=O) groups excluding carboxylic acids is 1. The summed E-state index contributed by atoms with van der Waals surface area (Å²) in [5.74, 6) is -1.04. The van der Waals surface area contributed by atoms with Crippen LogP contribution in [-0.2, 0) is 4.74 Å². The normalized spacial score (nSPS) is 10.2. The second-order valence-corrected chi connectivity index (χ2v) is 5.67. The van der Waals surface area contributed by atoms with Crippen LogP contribution >= 0.6 is 11.3 Å². The number of hydrogen-bond acceptors (Lipinski definition) is 4. The molecule has 0 radical (unpaired) electrons. The van der Waals surface area contributed by atoms with E-state index >= 15 is 0 Å². The summed E-state index contributed by atoms with van der Waals surface area (Å²) in [5.41, 5.74) is 0.825. The number of carbonyl (C=O) groups is 2. The molecule has 21 heavy (non-hydrogen) atoms. The van der Waals surface area contributed by atoms with Gasteiger partial charge in [-0.05, 0) is 19.4 Å². The lowest BCUT2D eigenvalue weighted by atomic mass is 10.1. The van der Waals surface area contributed by atoms with Gasteiger partial charge in [0.05, 0.1) is 12.2 Å². The molecule has 0 aliphatic heterocycles. The number of thiophene rings is 1. The van der Waals surface area contributed by atoms with Gasteiger partial charge in [-0.3, -0.25) is 5.32 Å². The molecule has 0 spiro atoms. The molecule has 0 atom stereocenters. The van der Waals surface area contributed by atoms with Gasteiger partial charge >= 0.3 is 12.0 Å². The summed E-state index contributed by atoms with van der Waals surface area (Å²) in [6.45, 7) is 8.33. The minimum absolute atomic E-state index is 0.149. The van der Waals surface area contributed by atoms with Crippen LogP contribution in [0.15, 0.2) is 12.7 Å². The van der Waals surface area contributed by atoms with Crippen LogP contribution in [-0.4, -0.2) is 48.8 Å². The van der Waals surface area contributed by atoms with E-state index in [-0.39, 0.29) is 11.6 Å². The summed E-state index contributed by atoms with van der Waals surface area (Å²) >= 11 is 1.26. The SMILES string of the molecule is C=CCN(CCOC)C(=O)Nc1sc(C)c(C)c1C(=O)O. The molecule has 0 saturated carbocycles. The number of anilines is 1. The first-order chi connectivity index (χ1) is 9.92. The van der Waals surface area contributed by atoms with Crippen molar-refractivity contribution >= 4 is 28.3 Å². The Morgan fingerprint density at radius 1 is 1.48 bits per heavy atom. The van der Waals surface area contributed by atoms with Gasteiger partial charge in [0, 0.05) is 25.1 Å². The highest BCUT2D eigenvalue weighted by atomic mass is 32.1. The van der Waals surface area contributed by atoms with Gasteiger partial charge in [-0.15, -0.1) is 17.9 Å². The van der Waals surface area contributed by atoms with E-state index in [9.17, 15) is 14.7 Å². The fraction of sp³-hybridized carbons (Fsp3) is 0.429. The number of nitrogens with zero attached hydrogens (tertiary/aromatic N) is 1. The summed E-state index contributed by atoms with van der Waals surface area (Å²) in [4.78, 5) is 25.9. The summed E-state index contributed by atoms with van der Waals surface area (Å²) in [5, 5.41) is 12.3. The number of aromatic carboxylic acids is 1. The third-order valence-corrected chi connectivity index (χ3v) is 4.14. The van der Waals surface area contributed by atoms with Crippen LogP contribution < -0.4 is 5.32 Å². The van der Waals surface area contributed by atoms with Gasteiger partial charge < -0.3 is 14.7 Å². The lowest BCUT2D eigenvalue weighted by Gasteiger charge is -2.20. The number of hydrogen-bond donors (Lipinski definition) is 2. The minimum Gasteiger partial charge on any atom is -0.478 e. The lowest BCUT2D eigenvalue weighted by molar-refractivity contribution is 0.0697. The molecule has 2 amide bonds. The predicted octanol–water partition coefficient (Wildman–Crippen LogP) is 2.73. The van der Waals surface area contributed by atoms with Crippen molar-refractivity contribution < 1.29 is 19.4 Å². The third-order valence-electron chi connectivity index (χ3n) is 3.02. The van der Waals surface area contributed by atoms with E-state index in [0.29, 0.717) is 30.3 Å². The highest BCUT2D eigenvalue weighted by Gasteiger charge is 2.22. The number of carboxylic acids is 1. The highest BCUT2D eigenvalue weighted by Crippen LogP contribution is 2.32. The van der Waals surface area contributed by atoms with Gasteiger partial charge in [0.1, 0.15) is 5.00 Å². The number of urea groups is 1. The van der Waals surface area contributed by atoms with E-state index < -0.39 is 5.97 Å². The second kappa shape index (κ2) is 7.80. The Morgan fingerprint density at radius 3 is 2.67 bits per heavy atom. The molecule has 6 nitrogen and oxygen atoms in total.